The number of fused-ring (bicyclic) bond motifs is 1. The second-order valence-electron chi connectivity index (χ2n) is 7.19. The van der Waals surface area contributed by atoms with Crippen molar-refractivity contribution < 1.29 is 22.7 Å². The minimum Gasteiger partial charge on any atom is -0.496 e. The molecule has 0 aliphatic rings. The number of para-hydroxylation sites is 2. The van der Waals surface area contributed by atoms with Crippen LogP contribution in [0.4, 0.5) is 11.4 Å². The van der Waals surface area contributed by atoms with E-state index in [1.807, 2.05) is 24.3 Å². The van der Waals surface area contributed by atoms with Crippen LogP contribution >= 0.6 is 0 Å². The van der Waals surface area contributed by atoms with Gasteiger partial charge in [-0.05, 0) is 53.2 Å². The number of benzene rings is 4. The van der Waals surface area contributed by atoms with Crippen LogP contribution in [0.2, 0.25) is 0 Å². The Labute approximate surface area is 192 Å². The number of amides is 1. The lowest BCUT2D eigenvalue weighted by atomic mass is 10.1. The van der Waals surface area contributed by atoms with E-state index >= 15 is 0 Å². The van der Waals surface area contributed by atoms with Crippen LogP contribution in [0.5, 0.6) is 11.5 Å². The van der Waals surface area contributed by atoms with E-state index in [9.17, 15) is 13.2 Å². The van der Waals surface area contributed by atoms with Gasteiger partial charge in [0.1, 0.15) is 11.5 Å². The molecule has 0 saturated heterocycles. The predicted molar refractivity (Wildman–Crippen MR) is 129 cm³/mol. The molecule has 0 aromatic heterocycles. The third-order valence-electron chi connectivity index (χ3n) is 5.07. The SMILES string of the molecule is COc1ccccc1NS(=O)(=O)c1cccc(NC(=O)c2cc3ccccc3cc2OC)c1. The summed E-state index contributed by atoms with van der Waals surface area (Å²) < 4.78 is 39.0. The summed E-state index contributed by atoms with van der Waals surface area (Å²) in [5.41, 5.74) is 0.991. The maximum Gasteiger partial charge on any atom is 0.262 e. The van der Waals surface area contributed by atoms with E-state index in [-0.39, 0.29) is 4.90 Å². The van der Waals surface area contributed by atoms with Gasteiger partial charge in [0.15, 0.2) is 0 Å². The highest BCUT2D eigenvalue weighted by Gasteiger charge is 2.19. The molecule has 168 valence electrons. The normalized spacial score (nSPS) is 11.1. The molecule has 0 radical (unpaired) electrons. The number of ether oxygens (including phenoxy) is 2. The van der Waals surface area contributed by atoms with Crippen LogP contribution in [0.1, 0.15) is 10.4 Å². The van der Waals surface area contributed by atoms with Gasteiger partial charge in [-0.2, -0.15) is 0 Å². The third-order valence-corrected chi connectivity index (χ3v) is 6.43. The number of hydrogen-bond donors (Lipinski definition) is 2. The van der Waals surface area contributed by atoms with Crippen molar-refractivity contribution in [1.82, 2.24) is 0 Å². The largest absolute Gasteiger partial charge is 0.496 e. The Morgan fingerprint density at radius 1 is 0.758 bits per heavy atom. The molecule has 0 atom stereocenters. The average molecular weight is 463 g/mol. The summed E-state index contributed by atoms with van der Waals surface area (Å²) in [6.07, 6.45) is 0. The zero-order valence-corrected chi connectivity index (χ0v) is 18.8. The van der Waals surface area contributed by atoms with Gasteiger partial charge in [-0.1, -0.05) is 42.5 Å². The molecule has 33 heavy (non-hydrogen) atoms. The Morgan fingerprint density at radius 3 is 2.15 bits per heavy atom. The first-order chi connectivity index (χ1) is 15.9. The Bertz CT molecular complexity index is 1430. The molecule has 4 rings (SSSR count). The first-order valence-corrected chi connectivity index (χ1v) is 11.5. The number of sulfonamides is 1. The number of carbonyl (C=O) groups excluding carboxylic acids is 1. The van der Waals surface area contributed by atoms with Crippen LogP contribution in [-0.2, 0) is 10.0 Å². The van der Waals surface area contributed by atoms with Gasteiger partial charge in [0, 0.05) is 5.69 Å². The lowest BCUT2D eigenvalue weighted by Gasteiger charge is -2.13. The Hall–Kier alpha value is -4.04. The van der Waals surface area contributed by atoms with Crippen LogP contribution in [0, 0.1) is 0 Å². The molecule has 0 aliphatic carbocycles. The number of nitrogens with one attached hydrogen (secondary N) is 2. The molecule has 8 heteroatoms. The van der Waals surface area contributed by atoms with Gasteiger partial charge < -0.3 is 14.8 Å². The quantitative estimate of drug-likeness (QED) is 0.407. The van der Waals surface area contributed by atoms with Crippen LogP contribution in [0.15, 0.2) is 89.8 Å². The number of hydrogen-bond acceptors (Lipinski definition) is 5. The topological polar surface area (TPSA) is 93.7 Å². The maximum atomic E-state index is 13.0. The van der Waals surface area contributed by atoms with Gasteiger partial charge in [0.05, 0.1) is 30.4 Å². The molecular formula is C25H22N2O5S. The summed E-state index contributed by atoms with van der Waals surface area (Å²) >= 11 is 0. The number of rotatable bonds is 7. The third kappa shape index (κ3) is 4.75. The number of methoxy groups -OCH3 is 2. The van der Waals surface area contributed by atoms with E-state index in [1.54, 1.807) is 48.5 Å². The summed E-state index contributed by atoms with van der Waals surface area (Å²) in [5.74, 6) is 0.409. The molecular weight excluding hydrogens is 440 g/mol. The molecule has 4 aromatic rings. The lowest BCUT2D eigenvalue weighted by Crippen LogP contribution is -2.16. The second kappa shape index (κ2) is 9.22. The number of anilines is 2. The zero-order valence-electron chi connectivity index (χ0n) is 18.0. The highest BCUT2D eigenvalue weighted by molar-refractivity contribution is 7.92. The molecule has 0 heterocycles. The second-order valence-corrected chi connectivity index (χ2v) is 8.87. The van der Waals surface area contributed by atoms with Crippen molar-refractivity contribution in [1.29, 1.82) is 0 Å². The molecule has 0 spiro atoms. The fraction of sp³-hybridized carbons (Fsp3) is 0.0800. The van der Waals surface area contributed by atoms with Crippen molar-refractivity contribution >= 4 is 38.1 Å². The highest BCUT2D eigenvalue weighted by Crippen LogP contribution is 2.29. The summed E-state index contributed by atoms with van der Waals surface area (Å²) in [6, 6.07) is 23.9. The maximum absolute atomic E-state index is 13.0. The Kier molecular flexibility index (Phi) is 6.19. The summed E-state index contributed by atoms with van der Waals surface area (Å²) in [4.78, 5) is 13.0. The van der Waals surface area contributed by atoms with Crippen LogP contribution < -0.4 is 19.5 Å². The number of carbonyl (C=O) groups is 1. The fourth-order valence-corrected chi connectivity index (χ4v) is 4.55. The minimum absolute atomic E-state index is 0.00307. The van der Waals surface area contributed by atoms with Gasteiger partial charge in [-0.15, -0.1) is 0 Å². The van der Waals surface area contributed by atoms with Gasteiger partial charge in [0.25, 0.3) is 15.9 Å². The van der Waals surface area contributed by atoms with Crippen molar-refractivity contribution in [2.75, 3.05) is 24.3 Å². The van der Waals surface area contributed by atoms with Crippen molar-refractivity contribution in [3.05, 3.63) is 90.5 Å². The molecule has 2 N–H and O–H groups in total. The smallest absolute Gasteiger partial charge is 0.262 e. The molecule has 0 bridgehead atoms. The highest BCUT2D eigenvalue weighted by atomic mass is 32.2. The summed E-state index contributed by atoms with van der Waals surface area (Å²) in [7, 11) is -0.956. The monoisotopic (exact) mass is 462 g/mol. The molecule has 0 unspecified atom stereocenters. The van der Waals surface area contributed by atoms with Gasteiger partial charge in [-0.3, -0.25) is 9.52 Å². The standard InChI is InChI=1S/C25H22N2O5S/c1-31-23-13-6-5-12-22(23)27-33(29,30)20-11-7-10-19(16-20)26-25(28)21-14-17-8-3-4-9-18(17)15-24(21)32-2/h3-16,27H,1-2H3,(H,26,28). The van der Waals surface area contributed by atoms with Crippen LogP contribution in [-0.4, -0.2) is 28.5 Å². The first-order valence-electron chi connectivity index (χ1n) is 10.1. The van der Waals surface area contributed by atoms with Crippen molar-refractivity contribution in [2.45, 2.75) is 4.90 Å². The van der Waals surface area contributed by atoms with E-state index in [0.29, 0.717) is 28.4 Å². The molecule has 0 fully saturated rings. The molecule has 0 aliphatic heterocycles. The zero-order chi connectivity index (χ0) is 23.4. The Morgan fingerprint density at radius 2 is 1.42 bits per heavy atom. The predicted octanol–water partition coefficient (Wildman–Crippen LogP) is 4.91. The summed E-state index contributed by atoms with van der Waals surface area (Å²) in [5, 5.41) is 4.60. The fourth-order valence-electron chi connectivity index (χ4n) is 3.44. The lowest BCUT2D eigenvalue weighted by molar-refractivity contribution is 0.102. The van der Waals surface area contributed by atoms with Gasteiger partial charge in [-0.25, -0.2) is 8.42 Å². The summed E-state index contributed by atoms with van der Waals surface area (Å²) in [6.45, 7) is 0. The van der Waals surface area contributed by atoms with Crippen molar-refractivity contribution in [3.63, 3.8) is 0 Å². The average Bonchev–Trinajstić information content (AvgIpc) is 2.83. The van der Waals surface area contributed by atoms with Crippen LogP contribution in [0.25, 0.3) is 10.8 Å². The van der Waals surface area contributed by atoms with Gasteiger partial charge >= 0.3 is 0 Å². The van der Waals surface area contributed by atoms with E-state index in [2.05, 4.69) is 10.0 Å². The molecule has 0 saturated carbocycles. The van der Waals surface area contributed by atoms with E-state index in [4.69, 9.17) is 9.47 Å². The van der Waals surface area contributed by atoms with E-state index in [1.165, 1.54) is 26.4 Å². The minimum atomic E-state index is -3.92. The van der Waals surface area contributed by atoms with E-state index < -0.39 is 15.9 Å². The van der Waals surface area contributed by atoms with Crippen molar-refractivity contribution in [2.24, 2.45) is 0 Å². The van der Waals surface area contributed by atoms with Crippen LogP contribution in [0.3, 0.4) is 0 Å². The van der Waals surface area contributed by atoms with E-state index in [0.717, 1.165) is 10.8 Å². The molecule has 7 nitrogen and oxygen atoms in total. The van der Waals surface area contributed by atoms with Gasteiger partial charge in [0.2, 0.25) is 0 Å². The molecule has 1 amide bonds. The Balaban J connectivity index is 1.61. The molecule has 4 aromatic carbocycles. The first kappa shape index (κ1) is 22.2. The van der Waals surface area contributed by atoms with Crippen molar-refractivity contribution in [3.8, 4) is 11.5 Å².